The van der Waals surface area contributed by atoms with Gasteiger partial charge in [0.2, 0.25) is 5.91 Å². The van der Waals surface area contributed by atoms with E-state index in [-0.39, 0.29) is 11.3 Å². The van der Waals surface area contributed by atoms with E-state index in [2.05, 4.69) is 57.4 Å². The highest BCUT2D eigenvalue weighted by Crippen LogP contribution is 2.34. The average molecular weight is 365 g/mol. The molecule has 5 heteroatoms. The predicted molar refractivity (Wildman–Crippen MR) is 105 cm³/mol. The molecule has 4 nitrogen and oxygen atoms in total. The minimum atomic E-state index is -0.871. The van der Waals surface area contributed by atoms with Gasteiger partial charge in [0.1, 0.15) is 5.75 Å². The minimum Gasteiger partial charge on any atom is -0.542 e. The van der Waals surface area contributed by atoms with E-state index in [1.807, 2.05) is 0 Å². The zero-order chi connectivity index (χ0) is 19.3. The van der Waals surface area contributed by atoms with Crippen molar-refractivity contribution in [3.05, 3.63) is 29.3 Å². The molecular weight excluding hydrogens is 330 g/mol. The largest absolute Gasteiger partial charge is 0.542 e. The van der Waals surface area contributed by atoms with Crippen LogP contribution in [-0.4, -0.2) is 32.2 Å². The van der Waals surface area contributed by atoms with Gasteiger partial charge in [0.15, 0.2) is 0 Å². The van der Waals surface area contributed by atoms with Crippen LogP contribution in [0.5, 0.6) is 5.75 Å². The highest BCUT2D eigenvalue weighted by atomic mass is 28.3. The van der Waals surface area contributed by atoms with E-state index in [0.717, 1.165) is 17.7 Å². The third kappa shape index (κ3) is 8.06. The van der Waals surface area contributed by atoms with Crippen molar-refractivity contribution in [1.29, 1.82) is 0 Å². The summed E-state index contributed by atoms with van der Waals surface area (Å²) in [4.78, 5) is 11.9. The Morgan fingerprint density at radius 2 is 1.84 bits per heavy atom. The molecule has 1 aromatic carbocycles. The smallest absolute Gasteiger partial charge is 0.274 e. The van der Waals surface area contributed by atoms with Crippen LogP contribution in [0.15, 0.2) is 18.2 Å². The lowest BCUT2D eigenvalue weighted by atomic mass is 9.85. The molecule has 0 spiro atoms. The molecule has 0 atom stereocenters. The molecule has 0 aliphatic rings. The van der Waals surface area contributed by atoms with Gasteiger partial charge in [-0.2, -0.15) is 0 Å². The summed E-state index contributed by atoms with van der Waals surface area (Å²) in [6, 6.07) is 6.28. The van der Waals surface area contributed by atoms with Crippen molar-refractivity contribution in [1.82, 2.24) is 5.32 Å². The molecule has 0 aromatic heterocycles. The first-order valence-corrected chi connectivity index (χ1v) is 11.4. The van der Waals surface area contributed by atoms with E-state index in [9.17, 15) is 9.90 Å². The van der Waals surface area contributed by atoms with Crippen LogP contribution in [0.2, 0.25) is 13.1 Å². The number of hydrogen-bond acceptors (Lipinski definition) is 3. The lowest BCUT2D eigenvalue weighted by Crippen LogP contribution is -2.29. The van der Waals surface area contributed by atoms with Gasteiger partial charge < -0.3 is 14.8 Å². The number of amides is 1. The predicted octanol–water partition coefficient (Wildman–Crippen LogP) is 3.82. The fourth-order valence-corrected chi connectivity index (χ4v) is 3.19. The van der Waals surface area contributed by atoms with Gasteiger partial charge in [-0.1, -0.05) is 39.0 Å². The van der Waals surface area contributed by atoms with E-state index in [1.54, 1.807) is 13.8 Å². The lowest BCUT2D eigenvalue weighted by Gasteiger charge is -2.26. The van der Waals surface area contributed by atoms with E-state index < -0.39 is 14.6 Å². The maximum Gasteiger partial charge on any atom is 0.274 e. The van der Waals surface area contributed by atoms with Crippen LogP contribution < -0.4 is 9.74 Å². The van der Waals surface area contributed by atoms with Crippen LogP contribution >= 0.6 is 0 Å². The molecule has 141 valence electrons. The van der Waals surface area contributed by atoms with Crippen molar-refractivity contribution in [3.63, 3.8) is 0 Å². The topological polar surface area (TPSA) is 58.6 Å². The van der Waals surface area contributed by atoms with E-state index in [4.69, 9.17) is 4.43 Å². The molecule has 1 amide bonds. The highest BCUT2D eigenvalue weighted by Gasteiger charge is 2.22. The Hall–Kier alpha value is -1.33. The summed E-state index contributed by atoms with van der Waals surface area (Å²) in [5.74, 6) is 0.965. The number of para-hydroxylation sites is 1. The van der Waals surface area contributed by atoms with Crippen molar-refractivity contribution in [2.45, 2.75) is 78.0 Å². The molecule has 0 aliphatic carbocycles. The Labute approximate surface area is 154 Å². The molecular formula is C20H34NO3Si. The van der Waals surface area contributed by atoms with E-state index in [0.29, 0.717) is 19.4 Å². The highest BCUT2D eigenvalue weighted by molar-refractivity contribution is 6.49. The summed E-state index contributed by atoms with van der Waals surface area (Å²) in [6.07, 6.45) is 1.54. The van der Waals surface area contributed by atoms with Crippen molar-refractivity contribution >= 4 is 14.9 Å². The van der Waals surface area contributed by atoms with Crippen LogP contribution in [0.1, 0.15) is 58.6 Å². The van der Waals surface area contributed by atoms with Gasteiger partial charge >= 0.3 is 0 Å². The summed E-state index contributed by atoms with van der Waals surface area (Å²) in [5, 5.41) is 12.6. The van der Waals surface area contributed by atoms with E-state index >= 15 is 0 Å². The van der Waals surface area contributed by atoms with Gasteiger partial charge in [-0.15, -0.1) is 0 Å². The number of carbonyl (C=O) groups excluding carboxylic acids is 1. The average Bonchev–Trinajstić information content (AvgIpc) is 2.44. The SMILES string of the molecule is C[Si](C)Oc1c(CCNC(=O)CCC(C)(C)O)cccc1C(C)(C)C. The Balaban J connectivity index is 2.76. The molecule has 2 N–H and O–H groups in total. The van der Waals surface area contributed by atoms with Gasteiger partial charge in [0.25, 0.3) is 9.04 Å². The van der Waals surface area contributed by atoms with Crippen molar-refractivity contribution in [2.75, 3.05) is 6.54 Å². The number of rotatable bonds is 8. The normalized spacial score (nSPS) is 12.4. The Morgan fingerprint density at radius 1 is 1.20 bits per heavy atom. The maximum absolute atomic E-state index is 11.9. The molecule has 0 saturated heterocycles. The molecule has 0 heterocycles. The second-order valence-electron chi connectivity index (χ2n) is 8.47. The first-order valence-electron chi connectivity index (χ1n) is 8.99. The van der Waals surface area contributed by atoms with Gasteiger partial charge in [0.05, 0.1) is 5.60 Å². The fraction of sp³-hybridized carbons (Fsp3) is 0.650. The zero-order valence-electron chi connectivity index (χ0n) is 16.8. The molecule has 0 saturated carbocycles. The molecule has 0 fully saturated rings. The molecule has 25 heavy (non-hydrogen) atoms. The summed E-state index contributed by atoms with van der Waals surface area (Å²) >= 11 is 0. The fourth-order valence-electron chi connectivity index (χ4n) is 2.54. The van der Waals surface area contributed by atoms with Crippen LogP contribution in [0.4, 0.5) is 0 Å². The van der Waals surface area contributed by atoms with Crippen LogP contribution in [0.3, 0.4) is 0 Å². The van der Waals surface area contributed by atoms with E-state index in [1.165, 1.54) is 5.56 Å². The molecule has 0 unspecified atom stereocenters. The van der Waals surface area contributed by atoms with Gasteiger partial charge in [-0.25, -0.2) is 0 Å². The first kappa shape index (κ1) is 21.7. The lowest BCUT2D eigenvalue weighted by molar-refractivity contribution is -0.122. The summed E-state index contributed by atoms with van der Waals surface area (Å²) in [5.41, 5.74) is 1.56. The van der Waals surface area contributed by atoms with Crippen molar-refractivity contribution in [2.24, 2.45) is 0 Å². The monoisotopic (exact) mass is 364 g/mol. The minimum absolute atomic E-state index is 0.0125. The van der Waals surface area contributed by atoms with Crippen LogP contribution in [0.25, 0.3) is 0 Å². The third-order valence-electron chi connectivity index (χ3n) is 3.89. The molecule has 1 aromatic rings. The maximum atomic E-state index is 11.9. The Morgan fingerprint density at radius 3 is 2.36 bits per heavy atom. The summed E-state index contributed by atoms with van der Waals surface area (Å²) in [7, 11) is -0.871. The van der Waals surface area contributed by atoms with Crippen LogP contribution in [0, 0.1) is 0 Å². The number of carbonyl (C=O) groups is 1. The number of hydrogen-bond donors (Lipinski definition) is 2. The molecule has 0 bridgehead atoms. The van der Waals surface area contributed by atoms with Gasteiger partial charge in [-0.05, 0) is 56.3 Å². The van der Waals surface area contributed by atoms with Crippen LogP contribution in [-0.2, 0) is 16.6 Å². The Kier molecular flexibility index (Phi) is 7.69. The quantitative estimate of drug-likeness (QED) is 0.689. The standard InChI is InChI=1S/C20H34NO3Si/c1-19(2,3)16-10-8-9-15(18(16)24-25(6)7)12-14-21-17(22)11-13-20(4,5)23/h8-10,23H,11-14H2,1-7H3,(H,21,22). The Bertz CT molecular complexity index is 571. The zero-order valence-corrected chi connectivity index (χ0v) is 17.8. The third-order valence-corrected chi connectivity index (χ3v) is 4.50. The second kappa shape index (κ2) is 8.85. The number of nitrogens with one attached hydrogen (secondary N) is 1. The molecule has 1 radical (unpaired) electrons. The van der Waals surface area contributed by atoms with Crippen molar-refractivity contribution in [3.8, 4) is 5.75 Å². The summed E-state index contributed by atoms with van der Waals surface area (Å²) in [6.45, 7) is 14.8. The second-order valence-corrected chi connectivity index (χ2v) is 10.5. The molecule has 1 rings (SSSR count). The van der Waals surface area contributed by atoms with Gasteiger partial charge in [-0.3, -0.25) is 4.79 Å². The number of aliphatic hydroxyl groups is 1. The number of benzene rings is 1. The van der Waals surface area contributed by atoms with Gasteiger partial charge in [0, 0.05) is 13.0 Å². The van der Waals surface area contributed by atoms with Crippen molar-refractivity contribution < 1.29 is 14.3 Å². The summed E-state index contributed by atoms with van der Waals surface area (Å²) < 4.78 is 6.21. The first-order chi connectivity index (χ1) is 11.4. The molecule has 0 aliphatic heterocycles.